The number of likely N-dealkylation sites (tertiary alicyclic amines) is 1. The van der Waals surface area contributed by atoms with Gasteiger partial charge in [0.25, 0.3) is 10.2 Å². The normalized spacial score (nSPS) is 24.4. The van der Waals surface area contributed by atoms with Gasteiger partial charge in [-0.3, -0.25) is 4.90 Å². The number of rotatable bonds is 5. The van der Waals surface area contributed by atoms with Crippen LogP contribution in [0.1, 0.15) is 24.4 Å². The van der Waals surface area contributed by atoms with E-state index in [0.717, 1.165) is 19.4 Å². The first-order chi connectivity index (χ1) is 9.92. The molecule has 2 atom stereocenters. The molecule has 0 radical (unpaired) electrons. The van der Waals surface area contributed by atoms with Gasteiger partial charge in [0.2, 0.25) is 0 Å². The lowest BCUT2D eigenvalue weighted by molar-refractivity contribution is 0.123. The van der Waals surface area contributed by atoms with Gasteiger partial charge in [-0.05, 0) is 37.9 Å². The molecule has 1 heterocycles. The number of piperidine rings is 1. The molecule has 118 valence electrons. The van der Waals surface area contributed by atoms with Gasteiger partial charge >= 0.3 is 0 Å². The number of benzene rings is 1. The van der Waals surface area contributed by atoms with Crippen LogP contribution in [0.3, 0.4) is 0 Å². The zero-order valence-electron chi connectivity index (χ0n) is 13.0. The second-order valence-corrected chi connectivity index (χ2v) is 7.84. The maximum absolute atomic E-state index is 11.9. The quantitative estimate of drug-likeness (QED) is 0.896. The number of hydrogen-bond acceptors (Lipinski definition) is 3. The van der Waals surface area contributed by atoms with Gasteiger partial charge in [0.1, 0.15) is 0 Å². The summed E-state index contributed by atoms with van der Waals surface area (Å²) >= 11 is 0. The second-order valence-electron chi connectivity index (χ2n) is 5.87. The summed E-state index contributed by atoms with van der Waals surface area (Å²) in [4.78, 5) is 2.33. The molecule has 1 saturated heterocycles. The minimum absolute atomic E-state index is 0.268. The van der Waals surface area contributed by atoms with Crippen LogP contribution in [0.25, 0.3) is 0 Å². The summed E-state index contributed by atoms with van der Waals surface area (Å²) in [7, 11) is 1.85. The first-order valence-electron chi connectivity index (χ1n) is 7.34. The summed E-state index contributed by atoms with van der Waals surface area (Å²) in [5.41, 5.74) is 1.26. The molecule has 1 aliphatic heterocycles. The maximum atomic E-state index is 11.9. The largest absolute Gasteiger partial charge is 0.299 e. The zero-order chi connectivity index (χ0) is 15.5. The van der Waals surface area contributed by atoms with Gasteiger partial charge in [-0.25, -0.2) is 4.72 Å². The molecule has 6 heteroatoms. The molecule has 0 aliphatic carbocycles. The van der Waals surface area contributed by atoms with E-state index in [1.807, 2.05) is 18.2 Å². The van der Waals surface area contributed by atoms with Crippen LogP contribution in [0, 0.1) is 5.92 Å². The van der Waals surface area contributed by atoms with E-state index in [0.29, 0.717) is 12.5 Å². The Morgan fingerprint density at radius 2 is 1.95 bits per heavy atom. The molecule has 1 aromatic rings. The molecule has 0 bridgehead atoms. The average Bonchev–Trinajstić information content (AvgIpc) is 2.46. The Hall–Kier alpha value is -0.950. The minimum Gasteiger partial charge on any atom is -0.299 e. The standard InChI is InChI=1S/C15H25N3O2S/c1-17(2)21(19,20)16-12-14-10-7-11-18(3)15(14)13-8-5-4-6-9-13/h4-6,8-9,14-16H,7,10-12H2,1-3H3/t14-,15-/m0/s1. The topological polar surface area (TPSA) is 52.7 Å². The Morgan fingerprint density at radius 1 is 1.29 bits per heavy atom. The Labute approximate surface area is 128 Å². The molecule has 1 fully saturated rings. The molecule has 1 N–H and O–H groups in total. The van der Waals surface area contributed by atoms with E-state index in [2.05, 4.69) is 28.8 Å². The van der Waals surface area contributed by atoms with Crippen molar-refractivity contribution < 1.29 is 8.42 Å². The summed E-state index contributed by atoms with van der Waals surface area (Å²) < 4.78 is 27.7. The molecule has 0 saturated carbocycles. The van der Waals surface area contributed by atoms with Gasteiger partial charge in [0, 0.05) is 26.7 Å². The predicted molar refractivity (Wildman–Crippen MR) is 85.1 cm³/mol. The smallest absolute Gasteiger partial charge is 0.278 e. The lowest BCUT2D eigenvalue weighted by atomic mass is 9.85. The molecular formula is C15H25N3O2S. The highest BCUT2D eigenvalue weighted by Gasteiger charge is 2.31. The van der Waals surface area contributed by atoms with E-state index in [1.54, 1.807) is 14.1 Å². The second kappa shape index (κ2) is 6.87. The number of nitrogens with zero attached hydrogens (tertiary/aromatic N) is 2. The van der Waals surface area contributed by atoms with Gasteiger partial charge in [0.15, 0.2) is 0 Å². The van der Waals surface area contributed by atoms with Crippen LogP contribution in [0.5, 0.6) is 0 Å². The molecule has 0 unspecified atom stereocenters. The van der Waals surface area contributed by atoms with E-state index in [4.69, 9.17) is 0 Å². The SMILES string of the molecule is CN1CCC[C@@H](CNS(=O)(=O)N(C)C)[C@@H]1c1ccccc1. The fourth-order valence-corrected chi connectivity index (χ4v) is 3.67. The van der Waals surface area contributed by atoms with Crippen LogP contribution in [0.15, 0.2) is 30.3 Å². The van der Waals surface area contributed by atoms with Crippen LogP contribution in [0.2, 0.25) is 0 Å². The lowest BCUT2D eigenvalue weighted by Crippen LogP contribution is -2.44. The van der Waals surface area contributed by atoms with Crippen LogP contribution in [0.4, 0.5) is 0 Å². The van der Waals surface area contributed by atoms with E-state index in [-0.39, 0.29) is 6.04 Å². The van der Waals surface area contributed by atoms with Crippen LogP contribution >= 0.6 is 0 Å². The van der Waals surface area contributed by atoms with Crippen molar-refractivity contribution >= 4 is 10.2 Å². The summed E-state index contributed by atoms with van der Waals surface area (Å²) in [6.45, 7) is 1.53. The summed E-state index contributed by atoms with van der Waals surface area (Å²) in [5, 5.41) is 0. The molecule has 0 amide bonds. The Kier molecular flexibility index (Phi) is 5.37. The van der Waals surface area contributed by atoms with Gasteiger partial charge in [-0.1, -0.05) is 30.3 Å². The van der Waals surface area contributed by atoms with Crippen LogP contribution < -0.4 is 4.72 Å². The summed E-state index contributed by atoms with van der Waals surface area (Å²) in [6, 6.07) is 10.6. The van der Waals surface area contributed by atoms with Crippen molar-refractivity contribution in [2.45, 2.75) is 18.9 Å². The fraction of sp³-hybridized carbons (Fsp3) is 0.600. The highest BCUT2D eigenvalue weighted by molar-refractivity contribution is 7.87. The molecule has 5 nitrogen and oxygen atoms in total. The van der Waals surface area contributed by atoms with Gasteiger partial charge in [-0.2, -0.15) is 12.7 Å². The fourth-order valence-electron chi connectivity index (χ4n) is 2.99. The first kappa shape index (κ1) is 16.4. The average molecular weight is 311 g/mol. The zero-order valence-corrected chi connectivity index (χ0v) is 13.8. The van der Waals surface area contributed by atoms with E-state index >= 15 is 0 Å². The van der Waals surface area contributed by atoms with Crippen molar-refractivity contribution in [3.8, 4) is 0 Å². The molecular weight excluding hydrogens is 286 g/mol. The molecule has 0 aromatic heterocycles. The molecule has 0 spiro atoms. The first-order valence-corrected chi connectivity index (χ1v) is 8.78. The van der Waals surface area contributed by atoms with Crippen molar-refractivity contribution in [3.63, 3.8) is 0 Å². The number of nitrogens with one attached hydrogen (secondary N) is 1. The van der Waals surface area contributed by atoms with Gasteiger partial charge in [0.05, 0.1) is 0 Å². The third kappa shape index (κ3) is 4.03. The van der Waals surface area contributed by atoms with Crippen molar-refractivity contribution in [1.82, 2.24) is 13.9 Å². The van der Waals surface area contributed by atoms with Crippen LogP contribution in [-0.2, 0) is 10.2 Å². The van der Waals surface area contributed by atoms with Gasteiger partial charge in [-0.15, -0.1) is 0 Å². The van der Waals surface area contributed by atoms with Crippen LogP contribution in [-0.4, -0.2) is 51.9 Å². The number of hydrogen-bond donors (Lipinski definition) is 1. The highest BCUT2D eigenvalue weighted by Crippen LogP contribution is 2.34. The monoisotopic (exact) mass is 311 g/mol. The third-order valence-corrected chi connectivity index (χ3v) is 5.65. The summed E-state index contributed by atoms with van der Waals surface area (Å²) in [5.74, 6) is 0.292. The van der Waals surface area contributed by atoms with Crippen molar-refractivity contribution in [3.05, 3.63) is 35.9 Å². The Balaban J connectivity index is 2.12. The molecule has 21 heavy (non-hydrogen) atoms. The highest BCUT2D eigenvalue weighted by atomic mass is 32.2. The summed E-state index contributed by atoms with van der Waals surface area (Å²) in [6.07, 6.45) is 2.15. The van der Waals surface area contributed by atoms with Crippen molar-refractivity contribution in [2.75, 3.05) is 34.2 Å². The van der Waals surface area contributed by atoms with E-state index in [1.165, 1.54) is 9.87 Å². The Morgan fingerprint density at radius 3 is 2.57 bits per heavy atom. The molecule has 2 rings (SSSR count). The third-order valence-electron chi connectivity index (χ3n) is 4.16. The maximum Gasteiger partial charge on any atom is 0.278 e. The Bertz CT molecular complexity index is 545. The molecule has 1 aliphatic rings. The van der Waals surface area contributed by atoms with E-state index in [9.17, 15) is 8.42 Å². The van der Waals surface area contributed by atoms with Crippen molar-refractivity contribution in [1.29, 1.82) is 0 Å². The van der Waals surface area contributed by atoms with E-state index < -0.39 is 10.2 Å². The molecule has 1 aromatic carbocycles. The predicted octanol–water partition coefficient (Wildman–Crippen LogP) is 1.47. The lowest BCUT2D eigenvalue weighted by Gasteiger charge is -2.39. The minimum atomic E-state index is -3.36. The van der Waals surface area contributed by atoms with Crippen molar-refractivity contribution in [2.24, 2.45) is 5.92 Å². The van der Waals surface area contributed by atoms with Gasteiger partial charge < -0.3 is 0 Å².